The molecule has 0 saturated carbocycles. The molecule has 1 rings (SSSR count). The Morgan fingerprint density at radius 3 is 2.69 bits per heavy atom. The van der Waals surface area contributed by atoms with E-state index in [4.69, 9.17) is 6.42 Å². The second-order valence-corrected chi connectivity index (χ2v) is 5.32. The maximum absolute atomic E-state index is 12.0. The molecule has 1 aromatic rings. The number of carbonyl (C=O) groups excluding carboxylic acids is 1. The van der Waals surface area contributed by atoms with Crippen LogP contribution in [0.2, 0.25) is 0 Å². The first kappa shape index (κ1) is 12.7. The molecule has 0 bridgehead atoms. The van der Waals surface area contributed by atoms with Crippen LogP contribution in [-0.4, -0.2) is 34.0 Å². The Bertz CT molecular complexity index is 425. The highest BCUT2D eigenvalue weighted by Gasteiger charge is 2.27. The molecule has 0 saturated heterocycles. The summed E-state index contributed by atoms with van der Waals surface area (Å²) in [4.78, 5) is 14.1. The first-order valence-electron chi connectivity index (χ1n) is 4.89. The van der Waals surface area contributed by atoms with Crippen molar-refractivity contribution in [3.63, 3.8) is 0 Å². The Morgan fingerprint density at radius 2 is 2.19 bits per heavy atom. The van der Waals surface area contributed by atoms with Crippen LogP contribution < -0.4 is 0 Å². The zero-order valence-corrected chi connectivity index (χ0v) is 10.8. The van der Waals surface area contributed by atoms with Crippen LogP contribution in [0.1, 0.15) is 36.1 Å². The summed E-state index contributed by atoms with van der Waals surface area (Å²) in [6.45, 7) is 6.30. The van der Waals surface area contributed by atoms with Gasteiger partial charge in [-0.1, -0.05) is 31.2 Å². The Kier molecular flexibility index (Phi) is 3.66. The van der Waals surface area contributed by atoms with Crippen LogP contribution in [0.15, 0.2) is 0 Å². The van der Waals surface area contributed by atoms with Gasteiger partial charge in [0, 0.05) is 12.5 Å². The van der Waals surface area contributed by atoms with E-state index in [2.05, 4.69) is 15.5 Å². The second-order valence-electron chi connectivity index (χ2n) is 4.57. The molecular formula is C11H15N3OS. The standard InChI is InChI=1S/C11H15N3OS/c1-6-7-14(5)10(15)8-9(11(2,3)4)12-13-16-8/h1H,7H2,2-5H3. The summed E-state index contributed by atoms with van der Waals surface area (Å²) < 4.78 is 3.84. The van der Waals surface area contributed by atoms with Gasteiger partial charge in [-0.2, -0.15) is 0 Å². The molecule has 16 heavy (non-hydrogen) atoms. The topological polar surface area (TPSA) is 46.1 Å². The van der Waals surface area contributed by atoms with Crippen molar-refractivity contribution in [2.45, 2.75) is 26.2 Å². The SMILES string of the molecule is C#CCN(C)C(=O)c1snnc1C(C)(C)C. The van der Waals surface area contributed by atoms with E-state index in [1.165, 1.54) is 4.90 Å². The van der Waals surface area contributed by atoms with E-state index in [0.29, 0.717) is 11.4 Å². The van der Waals surface area contributed by atoms with Crippen LogP contribution >= 0.6 is 11.5 Å². The lowest BCUT2D eigenvalue weighted by Gasteiger charge is -2.18. The van der Waals surface area contributed by atoms with Crippen LogP contribution in [-0.2, 0) is 5.41 Å². The molecule has 0 unspecified atom stereocenters. The number of rotatable bonds is 2. The van der Waals surface area contributed by atoms with Gasteiger partial charge in [-0.15, -0.1) is 11.5 Å². The van der Waals surface area contributed by atoms with Crippen molar-refractivity contribution in [1.29, 1.82) is 0 Å². The number of terminal acetylenes is 1. The van der Waals surface area contributed by atoms with E-state index < -0.39 is 0 Å². The molecular weight excluding hydrogens is 222 g/mol. The molecule has 0 spiro atoms. The fourth-order valence-corrected chi connectivity index (χ4v) is 2.08. The number of hydrogen-bond acceptors (Lipinski definition) is 4. The molecule has 0 N–H and O–H groups in total. The van der Waals surface area contributed by atoms with Gasteiger partial charge in [-0.3, -0.25) is 4.79 Å². The maximum Gasteiger partial charge on any atom is 0.268 e. The number of aromatic nitrogens is 2. The Balaban J connectivity index is 3.02. The third kappa shape index (κ3) is 2.58. The molecule has 0 atom stereocenters. The van der Waals surface area contributed by atoms with E-state index in [0.717, 1.165) is 17.2 Å². The zero-order chi connectivity index (χ0) is 12.3. The van der Waals surface area contributed by atoms with Gasteiger partial charge in [-0.25, -0.2) is 0 Å². The van der Waals surface area contributed by atoms with Gasteiger partial charge in [0.25, 0.3) is 5.91 Å². The van der Waals surface area contributed by atoms with Gasteiger partial charge in [0.15, 0.2) is 0 Å². The minimum atomic E-state index is -0.186. The fraction of sp³-hybridized carbons (Fsp3) is 0.545. The number of nitrogens with zero attached hydrogens (tertiary/aromatic N) is 3. The monoisotopic (exact) mass is 237 g/mol. The van der Waals surface area contributed by atoms with Gasteiger partial charge in [-0.05, 0) is 11.5 Å². The second kappa shape index (κ2) is 4.62. The van der Waals surface area contributed by atoms with Crippen LogP contribution in [0.3, 0.4) is 0 Å². The molecule has 1 aromatic heterocycles. The molecule has 4 nitrogen and oxygen atoms in total. The predicted molar refractivity (Wildman–Crippen MR) is 64.4 cm³/mol. The molecule has 1 heterocycles. The number of carbonyl (C=O) groups is 1. The lowest BCUT2D eigenvalue weighted by molar-refractivity contribution is 0.0814. The zero-order valence-electron chi connectivity index (χ0n) is 9.94. The van der Waals surface area contributed by atoms with Gasteiger partial charge in [0.1, 0.15) is 4.88 Å². The first-order valence-corrected chi connectivity index (χ1v) is 5.67. The molecule has 5 heteroatoms. The molecule has 0 aliphatic carbocycles. The molecule has 0 aliphatic heterocycles. The van der Waals surface area contributed by atoms with E-state index >= 15 is 0 Å². The summed E-state index contributed by atoms with van der Waals surface area (Å²) in [7, 11) is 1.67. The van der Waals surface area contributed by atoms with Crippen molar-refractivity contribution in [3.05, 3.63) is 10.6 Å². The number of hydrogen-bond donors (Lipinski definition) is 0. The van der Waals surface area contributed by atoms with Crippen LogP contribution in [0.4, 0.5) is 0 Å². The average Bonchev–Trinajstić information content (AvgIpc) is 2.64. The summed E-state index contributed by atoms with van der Waals surface area (Å²) >= 11 is 1.12. The van der Waals surface area contributed by atoms with E-state index in [9.17, 15) is 4.79 Å². The lowest BCUT2D eigenvalue weighted by Crippen LogP contribution is -2.28. The van der Waals surface area contributed by atoms with Crippen molar-refractivity contribution in [3.8, 4) is 12.3 Å². The fourth-order valence-electron chi connectivity index (χ4n) is 1.20. The van der Waals surface area contributed by atoms with Gasteiger partial charge in [0.2, 0.25) is 0 Å². The lowest BCUT2D eigenvalue weighted by atomic mass is 9.91. The molecule has 0 aromatic carbocycles. The molecule has 1 amide bonds. The summed E-state index contributed by atoms with van der Waals surface area (Å²) in [5.74, 6) is 2.32. The molecule has 0 fully saturated rings. The number of amides is 1. The predicted octanol–water partition coefficient (Wildman–Crippen LogP) is 1.54. The maximum atomic E-state index is 12.0. The van der Waals surface area contributed by atoms with Crippen LogP contribution in [0.5, 0.6) is 0 Å². The van der Waals surface area contributed by atoms with Gasteiger partial charge < -0.3 is 4.90 Å². The minimum Gasteiger partial charge on any atom is -0.330 e. The van der Waals surface area contributed by atoms with Crippen LogP contribution in [0.25, 0.3) is 0 Å². The quantitative estimate of drug-likeness (QED) is 0.733. The highest BCUT2D eigenvalue weighted by atomic mass is 32.1. The van der Waals surface area contributed by atoms with E-state index in [1.54, 1.807) is 7.05 Å². The Hall–Kier alpha value is -1.41. The third-order valence-corrected chi connectivity index (χ3v) is 2.78. The first-order chi connectivity index (χ1) is 7.38. The Morgan fingerprint density at radius 1 is 1.56 bits per heavy atom. The summed E-state index contributed by atoms with van der Waals surface area (Å²) in [6, 6.07) is 0. The van der Waals surface area contributed by atoms with E-state index in [-0.39, 0.29) is 11.3 Å². The Labute approximate surface area is 99.8 Å². The molecule has 86 valence electrons. The summed E-state index contributed by atoms with van der Waals surface area (Å²) in [6.07, 6.45) is 5.17. The minimum absolute atomic E-state index is 0.113. The highest BCUT2D eigenvalue weighted by molar-refractivity contribution is 7.08. The smallest absolute Gasteiger partial charge is 0.268 e. The summed E-state index contributed by atoms with van der Waals surface area (Å²) in [5, 5.41) is 4.02. The summed E-state index contributed by atoms with van der Waals surface area (Å²) in [5.41, 5.74) is 0.543. The molecule has 0 radical (unpaired) electrons. The van der Waals surface area contributed by atoms with Crippen molar-refractivity contribution in [2.24, 2.45) is 0 Å². The van der Waals surface area contributed by atoms with Crippen LogP contribution in [0, 0.1) is 12.3 Å². The van der Waals surface area contributed by atoms with Gasteiger partial charge >= 0.3 is 0 Å². The van der Waals surface area contributed by atoms with Crippen molar-refractivity contribution in [2.75, 3.05) is 13.6 Å². The third-order valence-electron chi connectivity index (χ3n) is 2.07. The van der Waals surface area contributed by atoms with Crippen molar-refractivity contribution >= 4 is 17.4 Å². The normalized spacial score (nSPS) is 10.9. The highest BCUT2D eigenvalue weighted by Crippen LogP contribution is 2.26. The van der Waals surface area contributed by atoms with E-state index in [1.807, 2.05) is 20.8 Å². The average molecular weight is 237 g/mol. The van der Waals surface area contributed by atoms with Crippen molar-refractivity contribution in [1.82, 2.24) is 14.5 Å². The van der Waals surface area contributed by atoms with Gasteiger partial charge in [0.05, 0.1) is 12.2 Å². The molecule has 0 aliphatic rings. The largest absolute Gasteiger partial charge is 0.330 e. The van der Waals surface area contributed by atoms with Crippen molar-refractivity contribution < 1.29 is 4.79 Å².